The third-order valence-electron chi connectivity index (χ3n) is 6.43. The highest BCUT2D eigenvalue weighted by Gasteiger charge is 2.32. The molecule has 1 aromatic heterocycles. The molecule has 41 heavy (non-hydrogen) atoms. The first-order valence-electron chi connectivity index (χ1n) is 12.9. The number of halogens is 2. The number of amides is 2. The van der Waals surface area contributed by atoms with Gasteiger partial charge in [-0.05, 0) is 38.0 Å². The van der Waals surface area contributed by atoms with Gasteiger partial charge in [0.25, 0.3) is 17.4 Å². The van der Waals surface area contributed by atoms with Crippen molar-refractivity contribution < 1.29 is 33.4 Å². The zero-order valence-electron chi connectivity index (χ0n) is 22.6. The summed E-state index contributed by atoms with van der Waals surface area (Å²) in [6, 6.07) is 4.11. The number of aromatic nitrogens is 2. The molecule has 2 aliphatic rings. The number of benzene rings is 1. The molecule has 3 heterocycles. The second-order valence-electron chi connectivity index (χ2n) is 9.35. The summed E-state index contributed by atoms with van der Waals surface area (Å²) < 4.78 is 16.6. The molecule has 13 nitrogen and oxygen atoms in total. The van der Waals surface area contributed by atoms with Crippen LogP contribution in [0.3, 0.4) is 0 Å². The summed E-state index contributed by atoms with van der Waals surface area (Å²) in [6.07, 6.45) is 0.374. The number of carbonyl (C=O) groups is 3. The molecule has 220 valence electrons. The summed E-state index contributed by atoms with van der Waals surface area (Å²) in [5.41, 5.74) is -0.610. The van der Waals surface area contributed by atoms with Crippen molar-refractivity contribution in [2.75, 3.05) is 26.3 Å². The van der Waals surface area contributed by atoms with Crippen LogP contribution in [-0.4, -0.2) is 77.3 Å². The number of oxime groups is 1. The lowest BCUT2D eigenvalue weighted by atomic mass is 9.96. The van der Waals surface area contributed by atoms with Gasteiger partial charge in [0.2, 0.25) is 12.0 Å². The number of nitrogens with one attached hydrogen (secondary N) is 1. The van der Waals surface area contributed by atoms with Crippen molar-refractivity contribution in [1.29, 1.82) is 0 Å². The maximum atomic E-state index is 13.5. The second kappa shape index (κ2) is 13.2. The van der Waals surface area contributed by atoms with Crippen molar-refractivity contribution >= 4 is 47.4 Å². The van der Waals surface area contributed by atoms with Crippen LogP contribution in [0.5, 0.6) is 5.75 Å². The summed E-state index contributed by atoms with van der Waals surface area (Å²) in [4.78, 5) is 62.9. The predicted molar refractivity (Wildman–Crippen MR) is 148 cm³/mol. The molecular weight excluding hydrogens is 581 g/mol. The van der Waals surface area contributed by atoms with Crippen molar-refractivity contribution in [2.24, 2.45) is 12.2 Å². The van der Waals surface area contributed by atoms with Crippen molar-refractivity contribution in [3.63, 3.8) is 0 Å². The first-order valence-corrected chi connectivity index (χ1v) is 13.7. The van der Waals surface area contributed by atoms with E-state index in [-0.39, 0.29) is 48.1 Å². The van der Waals surface area contributed by atoms with E-state index in [1.54, 1.807) is 24.0 Å². The topological polar surface area (TPSA) is 151 Å². The Morgan fingerprint density at radius 2 is 2.02 bits per heavy atom. The molecule has 2 amide bonds. The predicted octanol–water partition coefficient (Wildman–Crippen LogP) is 3.12. The third kappa shape index (κ3) is 7.09. The highest BCUT2D eigenvalue weighted by molar-refractivity contribution is 6.42. The van der Waals surface area contributed by atoms with Crippen molar-refractivity contribution in [3.8, 4) is 5.75 Å². The lowest BCUT2D eigenvalue weighted by Crippen LogP contribution is -2.42. The summed E-state index contributed by atoms with van der Waals surface area (Å²) in [5, 5.41) is 6.92. The first kappa shape index (κ1) is 30.1. The van der Waals surface area contributed by atoms with Gasteiger partial charge in [0.15, 0.2) is 5.69 Å². The summed E-state index contributed by atoms with van der Waals surface area (Å²) in [5.74, 6) is -1.47. The maximum Gasteiger partial charge on any atom is 0.511 e. The van der Waals surface area contributed by atoms with Crippen LogP contribution in [0.1, 0.15) is 59.3 Å². The van der Waals surface area contributed by atoms with Gasteiger partial charge in [-0.15, -0.1) is 0 Å². The molecule has 2 aliphatic heterocycles. The second-order valence-corrected chi connectivity index (χ2v) is 10.2. The van der Waals surface area contributed by atoms with Crippen molar-refractivity contribution in [3.05, 3.63) is 55.7 Å². The summed E-state index contributed by atoms with van der Waals surface area (Å²) in [6.45, 7) is 3.89. The van der Waals surface area contributed by atoms with Crippen molar-refractivity contribution in [2.45, 2.75) is 44.9 Å². The van der Waals surface area contributed by atoms with Crippen LogP contribution in [0.4, 0.5) is 4.79 Å². The fourth-order valence-corrected chi connectivity index (χ4v) is 4.78. The lowest BCUT2D eigenvalue weighted by Gasteiger charge is -2.33. The Bertz CT molecular complexity index is 1410. The van der Waals surface area contributed by atoms with Gasteiger partial charge in [-0.3, -0.25) is 19.0 Å². The molecule has 4 rings (SSSR count). The summed E-state index contributed by atoms with van der Waals surface area (Å²) in [7, 11) is 1.49. The Morgan fingerprint density at radius 1 is 1.24 bits per heavy atom. The highest BCUT2D eigenvalue weighted by atomic mass is 35.5. The fourth-order valence-electron chi connectivity index (χ4n) is 4.48. The van der Waals surface area contributed by atoms with E-state index < -0.39 is 35.7 Å². The molecule has 0 spiro atoms. The van der Waals surface area contributed by atoms with Gasteiger partial charge in [0.05, 0.1) is 22.9 Å². The van der Waals surface area contributed by atoms with Gasteiger partial charge in [0.1, 0.15) is 18.5 Å². The molecule has 0 radical (unpaired) electrons. The quantitative estimate of drug-likeness (QED) is 0.351. The van der Waals surface area contributed by atoms with E-state index in [0.29, 0.717) is 30.0 Å². The van der Waals surface area contributed by atoms with Crippen LogP contribution in [0.25, 0.3) is 0 Å². The fraction of sp³-hybridized carbons (Fsp3) is 0.462. The first-order chi connectivity index (χ1) is 19.6. The number of nitrogens with zero attached hydrogens (tertiary/aromatic N) is 4. The van der Waals surface area contributed by atoms with Gasteiger partial charge in [-0.2, -0.15) is 0 Å². The average molecular weight is 610 g/mol. The van der Waals surface area contributed by atoms with Crippen LogP contribution < -0.4 is 15.6 Å². The van der Waals surface area contributed by atoms with E-state index in [1.807, 2.05) is 0 Å². The molecule has 15 heteroatoms. The number of piperidine rings is 1. The van der Waals surface area contributed by atoms with Gasteiger partial charge in [-0.25, -0.2) is 9.78 Å². The number of hydrogen-bond donors (Lipinski definition) is 1. The Hall–Kier alpha value is -3.84. The largest absolute Gasteiger partial charge is 0.511 e. The van der Waals surface area contributed by atoms with E-state index in [4.69, 9.17) is 42.3 Å². The monoisotopic (exact) mass is 609 g/mol. The van der Waals surface area contributed by atoms with E-state index in [1.165, 1.54) is 30.8 Å². The average Bonchev–Trinajstić information content (AvgIpc) is 3.45. The van der Waals surface area contributed by atoms with E-state index in [9.17, 15) is 19.2 Å². The van der Waals surface area contributed by atoms with Gasteiger partial charge < -0.3 is 29.3 Å². The van der Waals surface area contributed by atoms with Crippen LogP contribution in [-0.2, 0) is 21.4 Å². The molecule has 1 saturated heterocycles. The standard InChI is InChI=1S/C26H29Cl2N5O8/c1-4-38-26(37)41-14(2)40-21-20(23(34)30-17-11-29-39-13-17)31-22(32(3)25(21)36)16-6-5-9-33(12-16)24(35)15-7-8-18(27)19(28)10-15/h7-8,10-11,14,16-17H,4-6,9,12-13H2,1-3H3,(H,30,34)/t14?,16-,17?/m1/s1. The Morgan fingerprint density at radius 3 is 2.71 bits per heavy atom. The van der Waals surface area contributed by atoms with Gasteiger partial charge in [-0.1, -0.05) is 28.4 Å². The van der Waals surface area contributed by atoms with Crippen molar-refractivity contribution in [1.82, 2.24) is 19.8 Å². The Labute approximate surface area is 245 Å². The number of hydrogen-bond acceptors (Lipinski definition) is 10. The molecule has 1 N–H and O–H groups in total. The molecule has 0 bridgehead atoms. The normalized spacial score (nSPS) is 18.8. The molecule has 2 unspecified atom stereocenters. The zero-order valence-corrected chi connectivity index (χ0v) is 24.1. The highest BCUT2D eigenvalue weighted by Crippen LogP contribution is 2.29. The smallest absolute Gasteiger partial charge is 0.447 e. The number of likely N-dealkylation sites (tertiary alicyclic amines) is 1. The lowest BCUT2D eigenvalue weighted by molar-refractivity contribution is -0.0531. The van der Waals surface area contributed by atoms with E-state index in [2.05, 4.69) is 15.5 Å². The number of ether oxygens (including phenoxy) is 3. The molecule has 1 aromatic carbocycles. The van der Waals surface area contributed by atoms with E-state index >= 15 is 0 Å². The van der Waals surface area contributed by atoms with E-state index in [0.717, 1.165) is 0 Å². The van der Waals surface area contributed by atoms with Crippen LogP contribution in [0.2, 0.25) is 10.0 Å². The molecule has 0 saturated carbocycles. The Kier molecular flexibility index (Phi) is 9.71. The van der Waals surface area contributed by atoms with Gasteiger partial charge >= 0.3 is 6.16 Å². The molecular formula is C26H29Cl2N5O8. The SMILES string of the molecule is CCOC(=O)OC(C)Oc1c(C(=O)NC2C=NOC2)nc([C@@H]2CCCN(C(=O)c3ccc(Cl)c(Cl)c3)C2)n(C)c1=O. The minimum absolute atomic E-state index is 0.0776. The Balaban J connectivity index is 1.64. The minimum Gasteiger partial charge on any atom is -0.447 e. The number of rotatable bonds is 8. The van der Waals surface area contributed by atoms with Crippen LogP contribution in [0, 0.1) is 0 Å². The van der Waals surface area contributed by atoms with Gasteiger partial charge in [0, 0.05) is 38.5 Å². The van der Waals surface area contributed by atoms with Crippen LogP contribution in [0.15, 0.2) is 28.1 Å². The summed E-state index contributed by atoms with van der Waals surface area (Å²) >= 11 is 12.1. The molecule has 1 fully saturated rings. The molecule has 0 aliphatic carbocycles. The number of carbonyl (C=O) groups excluding carboxylic acids is 3. The molecule has 2 aromatic rings. The minimum atomic E-state index is -1.27. The molecule has 3 atom stereocenters. The third-order valence-corrected chi connectivity index (χ3v) is 7.17. The van der Waals surface area contributed by atoms with Crippen LogP contribution >= 0.6 is 23.2 Å². The maximum absolute atomic E-state index is 13.5. The zero-order chi connectivity index (χ0) is 29.7.